The third-order valence-corrected chi connectivity index (χ3v) is 12.2. The number of para-hydroxylation sites is 1. The zero-order valence-electron chi connectivity index (χ0n) is 32.8. The van der Waals surface area contributed by atoms with Crippen molar-refractivity contribution in [2.24, 2.45) is 5.92 Å². The lowest BCUT2D eigenvalue weighted by molar-refractivity contribution is 0.452. The smallest absolute Gasteiger partial charge is 0.227 e. The van der Waals surface area contributed by atoms with Gasteiger partial charge in [-0.3, -0.25) is 9.55 Å². The number of nitrogens with zero attached hydrogens (tertiary/aromatic N) is 4. The summed E-state index contributed by atoms with van der Waals surface area (Å²) in [5.74, 6) is 1.87. The monoisotopic (exact) mass is 730 g/mol. The Hall–Kier alpha value is -6.07. The van der Waals surface area contributed by atoms with Gasteiger partial charge in [0.05, 0.1) is 27.8 Å². The van der Waals surface area contributed by atoms with Crippen molar-refractivity contribution in [2.75, 3.05) is 0 Å². The van der Waals surface area contributed by atoms with Crippen molar-refractivity contribution in [3.05, 3.63) is 144 Å². The van der Waals surface area contributed by atoms with Crippen LogP contribution in [0.15, 0.2) is 132 Å². The summed E-state index contributed by atoms with van der Waals surface area (Å²) in [5.41, 5.74) is 14.0. The normalized spacial score (nSPS) is 14.4. The minimum Gasteiger partial charge on any atom is -0.437 e. The molecule has 5 nitrogen and oxygen atoms in total. The summed E-state index contributed by atoms with van der Waals surface area (Å²) in [6.07, 6.45) is 5.18. The average molecular weight is 731 g/mol. The number of furan rings is 1. The van der Waals surface area contributed by atoms with E-state index < -0.39 is 0 Å². The maximum absolute atomic E-state index is 6.90. The number of aromatic nitrogens is 4. The summed E-state index contributed by atoms with van der Waals surface area (Å²) >= 11 is 0. The van der Waals surface area contributed by atoms with E-state index >= 15 is 0 Å². The van der Waals surface area contributed by atoms with Crippen molar-refractivity contribution in [1.29, 1.82) is 0 Å². The SMILES string of the molecule is Cc1ccc2ccc3nc(-c4cccc5c4oc4nc(C(C)C6CCCC6)ccc45)n(-c4c(-c5ccccc5)cc(C(C)(C)C)cc4-c4ccccc4)c3c2n1. The molecule has 10 rings (SSSR count). The van der Waals surface area contributed by atoms with E-state index in [0.717, 1.165) is 89.0 Å². The van der Waals surface area contributed by atoms with E-state index in [9.17, 15) is 0 Å². The van der Waals surface area contributed by atoms with Crippen molar-refractivity contribution in [2.45, 2.75) is 71.6 Å². The Balaban J connectivity index is 1.33. The first-order valence-electron chi connectivity index (χ1n) is 20.1. The molecule has 0 amide bonds. The molecule has 0 radical (unpaired) electrons. The van der Waals surface area contributed by atoms with Crippen LogP contribution in [0.1, 0.15) is 76.2 Å². The lowest BCUT2D eigenvalue weighted by Crippen LogP contribution is -2.13. The molecule has 1 saturated carbocycles. The highest BCUT2D eigenvalue weighted by atomic mass is 16.3. The van der Waals surface area contributed by atoms with Gasteiger partial charge in [-0.05, 0) is 90.3 Å². The minimum absolute atomic E-state index is 0.0994. The summed E-state index contributed by atoms with van der Waals surface area (Å²) in [7, 11) is 0. The maximum Gasteiger partial charge on any atom is 0.227 e. The highest BCUT2D eigenvalue weighted by Gasteiger charge is 2.29. The number of hydrogen-bond acceptors (Lipinski definition) is 4. The molecule has 276 valence electrons. The lowest BCUT2D eigenvalue weighted by Gasteiger charge is -2.26. The van der Waals surface area contributed by atoms with E-state index in [4.69, 9.17) is 19.4 Å². The fraction of sp³-hybridized carbons (Fsp3) is 0.235. The second kappa shape index (κ2) is 13.3. The van der Waals surface area contributed by atoms with Gasteiger partial charge >= 0.3 is 0 Å². The van der Waals surface area contributed by atoms with Crippen molar-refractivity contribution >= 4 is 44.0 Å². The Labute approximate surface area is 328 Å². The van der Waals surface area contributed by atoms with Gasteiger partial charge in [-0.1, -0.05) is 125 Å². The molecule has 1 aliphatic rings. The first-order chi connectivity index (χ1) is 27.2. The van der Waals surface area contributed by atoms with Gasteiger partial charge in [-0.2, -0.15) is 0 Å². The van der Waals surface area contributed by atoms with Crippen LogP contribution >= 0.6 is 0 Å². The first kappa shape index (κ1) is 34.4. The van der Waals surface area contributed by atoms with Gasteiger partial charge < -0.3 is 4.42 Å². The second-order valence-corrected chi connectivity index (χ2v) is 16.8. The number of imidazole rings is 1. The fourth-order valence-corrected chi connectivity index (χ4v) is 9.05. The average Bonchev–Trinajstić information content (AvgIpc) is 3.98. The van der Waals surface area contributed by atoms with Gasteiger partial charge in [0.1, 0.15) is 11.4 Å². The molecule has 4 heterocycles. The molecule has 5 aromatic carbocycles. The third kappa shape index (κ3) is 5.71. The molecule has 56 heavy (non-hydrogen) atoms. The van der Waals surface area contributed by atoms with Crippen LogP contribution in [-0.2, 0) is 5.41 Å². The predicted octanol–water partition coefficient (Wildman–Crippen LogP) is 13.8. The molecular formula is C51H46N4O. The van der Waals surface area contributed by atoms with Crippen molar-refractivity contribution < 1.29 is 4.42 Å². The number of benzene rings is 5. The molecule has 9 aromatic rings. The van der Waals surface area contributed by atoms with Crippen LogP contribution < -0.4 is 0 Å². The van der Waals surface area contributed by atoms with Gasteiger partial charge in [0.2, 0.25) is 5.71 Å². The zero-order valence-corrected chi connectivity index (χ0v) is 32.8. The van der Waals surface area contributed by atoms with E-state index in [1.54, 1.807) is 0 Å². The highest BCUT2D eigenvalue weighted by Crippen LogP contribution is 2.46. The van der Waals surface area contributed by atoms with Crippen LogP contribution in [-0.4, -0.2) is 19.5 Å². The largest absolute Gasteiger partial charge is 0.437 e. The topological polar surface area (TPSA) is 56.7 Å². The fourth-order valence-electron chi connectivity index (χ4n) is 9.05. The second-order valence-electron chi connectivity index (χ2n) is 16.8. The van der Waals surface area contributed by atoms with E-state index in [2.05, 4.69) is 167 Å². The summed E-state index contributed by atoms with van der Waals surface area (Å²) in [6.45, 7) is 11.3. The molecular weight excluding hydrogens is 685 g/mol. The molecule has 0 aliphatic heterocycles. The maximum atomic E-state index is 6.90. The van der Waals surface area contributed by atoms with Crippen LogP contribution in [0, 0.1) is 12.8 Å². The summed E-state index contributed by atoms with van der Waals surface area (Å²) in [4.78, 5) is 16.0. The Bertz CT molecular complexity index is 2870. The molecule has 5 heteroatoms. The molecule has 1 atom stereocenters. The van der Waals surface area contributed by atoms with Crippen LogP contribution in [0.25, 0.3) is 83.3 Å². The Morgan fingerprint density at radius 1 is 0.679 bits per heavy atom. The van der Waals surface area contributed by atoms with E-state index in [1.165, 1.54) is 31.2 Å². The van der Waals surface area contributed by atoms with Gasteiger partial charge in [-0.15, -0.1) is 0 Å². The quantitative estimate of drug-likeness (QED) is 0.171. The molecule has 0 spiro atoms. The number of fused-ring (bicyclic) bond motifs is 6. The molecule has 1 unspecified atom stereocenters. The Morgan fingerprint density at radius 3 is 2.04 bits per heavy atom. The number of pyridine rings is 2. The van der Waals surface area contributed by atoms with Crippen LogP contribution in [0.2, 0.25) is 0 Å². The van der Waals surface area contributed by atoms with E-state index in [1.807, 2.05) is 0 Å². The van der Waals surface area contributed by atoms with Crippen LogP contribution in [0.3, 0.4) is 0 Å². The van der Waals surface area contributed by atoms with Gasteiger partial charge in [-0.25, -0.2) is 9.97 Å². The molecule has 1 aliphatic carbocycles. The standard InChI is InChI=1S/C51H46N4O/c1-31-23-24-36-25-27-44-47(45(36)52-31)55(46-41(34-17-8-6-9-18-34)29-37(51(3,4)5)30-42(46)35-19-10-7-11-20-35)49(53-44)40-22-14-21-38-39-26-28-43(54-50(39)56-48(38)40)32(2)33-15-12-13-16-33/h6-11,14,17-30,32-33H,12-13,15-16H2,1-5H3. The van der Waals surface area contributed by atoms with Gasteiger partial charge in [0.15, 0.2) is 0 Å². The highest BCUT2D eigenvalue weighted by molar-refractivity contribution is 6.11. The van der Waals surface area contributed by atoms with Crippen LogP contribution in [0.5, 0.6) is 0 Å². The molecule has 4 aromatic heterocycles. The minimum atomic E-state index is -0.0994. The Kier molecular flexibility index (Phi) is 8.18. The van der Waals surface area contributed by atoms with Crippen molar-refractivity contribution in [3.63, 3.8) is 0 Å². The molecule has 0 N–H and O–H groups in total. The first-order valence-corrected chi connectivity index (χ1v) is 20.1. The predicted molar refractivity (Wildman–Crippen MR) is 232 cm³/mol. The summed E-state index contributed by atoms with van der Waals surface area (Å²) < 4.78 is 9.28. The molecule has 0 bridgehead atoms. The number of aryl methyl sites for hydroxylation is 1. The number of hydrogen-bond donors (Lipinski definition) is 0. The summed E-state index contributed by atoms with van der Waals surface area (Å²) in [6, 6.07) is 45.7. The summed E-state index contributed by atoms with van der Waals surface area (Å²) in [5, 5.41) is 3.14. The zero-order chi connectivity index (χ0) is 38.1. The number of rotatable bonds is 6. The molecule has 1 fully saturated rings. The van der Waals surface area contributed by atoms with E-state index in [0.29, 0.717) is 17.5 Å². The van der Waals surface area contributed by atoms with Gasteiger partial charge in [0.25, 0.3) is 0 Å². The van der Waals surface area contributed by atoms with Gasteiger partial charge in [0, 0.05) is 44.6 Å². The van der Waals surface area contributed by atoms with Crippen LogP contribution in [0.4, 0.5) is 0 Å². The van der Waals surface area contributed by atoms with Crippen molar-refractivity contribution in [3.8, 4) is 39.3 Å². The van der Waals surface area contributed by atoms with Crippen molar-refractivity contribution in [1.82, 2.24) is 19.5 Å². The third-order valence-electron chi connectivity index (χ3n) is 12.2. The molecule has 0 saturated heterocycles. The van der Waals surface area contributed by atoms with E-state index in [-0.39, 0.29) is 5.41 Å². The Morgan fingerprint density at radius 2 is 1.36 bits per heavy atom. The lowest BCUT2D eigenvalue weighted by atomic mass is 9.82.